The molecule has 1 amide bonds. The van der Waals surface area contributed by atoms with Crippen molar-refractivity contribution in [3.8, 4) is 0 Å². The van der Waals surface area contributed by atoms with Crippen LogP contribution in [0.3, 0.4) is 0 Å². The number of nitrogens with one attached hydrogen (secondary N) is 1. The molecule has 0 bridgehead atoms. The molecule has 0 aromatic heterocycles. The molecular formula is C11H15ClN2O3S. The molecule has 100 valence electrons. The third-order valence-corrected chi connectivity index (χ3v) is 4.08. The molecule has 1 aromatic carbocycles. The van der Waals surface area contributed by atoms with E-state index in [1.165, 1.54) is 0 Å². The van der Waals surface area contributed by atoms with Gasteiger partial charge in [0, 0.05) is 6.04 Å². The molecule has 1 rings (SSSR count). The van der Waals surface area contributed by atoms with Crippen LogP contribution >= 0.6 is 11.6 Å². The third kappa shape index (κ3) is 5.03. The summed E-state index contributed by atoms with van der Waals surface area (Å²) in [6, 6.07) is 6.11. The fourth-order valence-corrected chi connectivity index (χ4v) is 2.98. The van der Waals surface area contributed by atoms with Gasteiger partial charge in [-0.05, 0) is 19.1 Å². The zero-order chi connectivity index (χ0) is 13.8. The Morgan fingerprint density at radius 1 is 1.44 bits per heavy atom. The molecule has 5 nitrogen and oxygen atoms in total. The number of halogens is 1. The van der Waals surface area contributed by atoms with Crippen molar-refractivity contribution in [2.75, 3.05) is 16.8 Å². The van der Waals surface area contributed by atoms with E-state index in [2.05, 4.69) is 5.32 Å². The summed E-state index contributed by atoms with van der Waals surface area (Å²) in [5, 5.41) is 2.81. The van der Waals surface area contributed by atoms with Crippen LogP contribution < -0.4 is 11.1 Å². The SMILES string of the molecule is CC(N)CS(=O)(=O)CC(=O)Nc1ccccc1Cl. The molecule has 1 atom stereocenters. The number of anilines is 1. The van der Waals surface area contributed by atoms with Crippen molar-refractivity contribution in [3.63, 3.8) is 0 Å². The van der Waals surface area contributed by atoms with Crippen molar-refractivity contribution in [2.24, 2.45) is 5.73 Å². The summed E-state index contributed by atoms with van der Waals surface area (Å²) in [7, 11) is -3.49. The van der Waals surface area contributed by atoms with Crippen LogP contribution in [0.4, 0.5) is 5.69 Å². The minimum absolute atomic E-state index is 0.219. The van der Waals surface area contributed by atoms with Crippen molar-refractivity contribution < 1.29 is 13.2 Å². The fourth-order valence-electron chi connectivity index (χ4n) is 1.41. The van der Waals surface area contributed by atoms with Crippen LogP contribution in [-0.4, -0.2) is 31.9 Å². The first-order valence-electron chi connectivity index (χ1n) is 5.30. The van der Waals surface area contributed by atoms with Crippen LogP contribution in [0.2, 0.25) is 5.02 Å². The van der Waals surface area contributed by atoms with Gasteiger partial charge in [-0.2, -0.15) is 0 Å². The van der Waals surface area contributed by atoms with Gasteiger partial charge in [-0.15, -0.1) is 0 Å². The Morgan fingerprint density at radius 2 is 2.06 bits per heavy atom. The van der Waals surface area contributed by atoms with Crippen LogP contribution in [0.25, 0.3) is 0 Å². The number of rotatable bonds is 5. The number of hydrogen-bond donors (Lipinski definition) is 2. The second kappa shape index (κ2) is 6.17. The zero-order valence-corrected chi connectivity index (χ0v) is 11.5. The van der Waals surface area contributed by atoms with Crippen LogP contribution in [0.1, 0.15) is 6.92 Å². The predicted molar refractivity (Wildman–Crippen MR) is 72.4 cm³/mol. The Hall–Kier alpha value is -1.11. The minimum atomic E-state index is -3.49. The third-order valence-electron chi connectivity index (χ3n) is 2.02. The average Bonchev–Trinajstić information content (AvgIpc) is 2.18. The summed E-state index contributed by atoms with van der Waals surface area (Å²) in [5.74, 6) is -1.44. The first-order valence-corrected chi connectivity index (χ1v) is 7.50. The number of amides is 1. The molecule has 0 aliphatic carbocycles. The van der Waals surface area contributed by atoms with Crippen molar-refractivity contribution in [2.45, 2.75) is 13.0 Å². The average molecular weight is 291 g/mol. The van der Waals surface area contributed by atoms with Crippen molar-refractivity contribution in [1.82, 2.24) is 0 Å². The quantitative estimate of drug-likeness (QED) is 0.848. The Balaban J connectivity index is 2.66. The molecule has 0 aliphatic rings. The molecule has 1 unspecified atom stereocenters. The lowest BCUT2D eigenvalue weighted by Gasteiger charge is -2.09. The van der Waals surface area contributed by atoms with Gasteiger partial charge < -0.3 is 11.1 Å². The highest BCUT2D eigenvalue weighted by Crippen LogP contribution is 2.20. The molecular weight excluding hydrogens is 276 g/mol. The van der Waals surface area contributed by atoms with Crippen molar-refractivity contribution in [3.05, 3.63) is 29.3 Å². The number of benzene rings is 1. The molecule has 1 aromatic rings. The van der Waals surface area contributed by atoms with Crippen LogP contribution in [0.15, 0.2) is 24.3 Å². The van der Waals surface area contributed by atoms with E-state index in [-0.39, 0.29) is 5.75 Å². The summed E-state index contributed by atoms with van der Waals surface area (Å²) in [6.07, 6.45) is 0. The van der Waals surface area contributed by atoms with Crippen LogP contribution in [0, 0.1) is 0 Å². The maximum Gasteiger partial charge on any atom is 0.239 e. The van der Waals surface area contributed by atoms with Gasteiger partial charge in [0.25, 0.3) is 0 Å². The Labute approximate surface area is 111 Å². The fraction of sp³-hybridized carbons (Fsp3) is 0.364. The molecule has 7 heteroatoms. The number of sulfone groups is 1. The second-order valence-corrected chi connectivity index (χ2v) is 6.58. The molecule has 0 radical (unpaired) electrons. The van der Waals surface area contributed by atoms with E-state index in [0.717, 1.165) is 0 Å². The summed E-state index contributed by atoms with van der Waals surface area (Å²) in [5.41, 5.74) is 5.79. The summed E-state index contributed by atoms with van der Waals surface area (Å²) in [4.78, 5) is 11.6. The molecule has 0 spiro atoms. The lowest BCUT2D eigenvalue weighted by atomic mass is 10.3. The lowest BCUT2D eigenvalue weighted by molar-refractivity contribution is -0.113. The topological polar surface area (TPSA) is 89.3 Å². The van der Waals surface area contributed by atoms with E-state index >= 15 is 0 Å². The number of carbonyl (C=O) groups excluding carboxylic acids is 1. The van der Waals surface area contributed by atoms with E-state index in [0.29, 0.717) is 10.7 Å². The molecule has 0 saturated carbocycles. The van der Waals surface area contributed by atoms with Crippen LogP contribution in [0.5, 0.6) is 0 Å². The van der Waals surface area contributed by atoms with Crippen LogP contribution in [-0.2, 0) is 14.6 Å². The first kappa shape index (κ1) is 14.9. The largest absolute Gasteiger partial charge is 0.327 e. The maximum atomic E-state index is 11.6. The molecule has 0 fully saturated rings. The molecule has 0 aliphatic heterocycles. The predicted octanol–water partition coefficient (Wildman–Crippen LogP) is 1.04. The maximum absolute atomic E-state index is 11.6. The van der Waals surface area contributed by atoms with Gasteiger partial charge in [0.05, 0.1) is 16.5 Å². The van der Waals surface area contributed by atoms with E-state index in [1.807, 2.05) is 0 Å². The van der Waals surface area contributed by atoms with Crippen molar-refractivity contribution in [1.29, 1.82) is 0 Å². The Kier molecular flexibility index (Phi) is 5.13. The van der Waals surface area contributed by atoms with Gasteiger partial charge in [0.15, 0.2) is 9.84 Å². The van der Waals surface area contributed by atoms with Gasteiger partial charge in [0.2, 0.25) is 5.91 Å². The normalized spacial score (nSPS) is 13.1. The molecule has 0 heterocycles. The Morgan fingerprint density at radius 3 is 2.61 bits per heavy atom. The minimum Gasteiger partial charge on any atom is -0.327 e. The molecule has 3 N–H and O–H groups in total. The summed E-state index contributed by atoms with van der Waals surface area (Å²) >= 11 is 5.84. The van der Waals surface area contributed by atoms with Gasteiger partial charge in [-0.3, -0.25) is 4.79 Å². The van der Waals surface area contributed by atoms with Gasteiger partial charge in [0.1, 0.15) is 5.75 Å². The Bertz CT molecular complexity index is 529. The van der Waals surface area contributed by atoms with Gasteiger partial charge in [-0.1, -0.05) is 23.7 Å². The molecule has 18 heavy (non-hydrogen) atoms. The summed E-state index contributed by atoms with van der Waals surface area (Å²) in [6.45, 7) is 1.57. The molecule has 0 saturated heterocycles. The number of hydrogen-bond acceptors (Lipinski definition) is 4. The van der Waals surface area contributed by atoms with E-state index in [9.17, 15) is 13.2 Å². The van der Waals surface area contributed by atoms with Gasteiger partial charge >= 0.3 is 0 Å². The first-order chi connectivity index (χ1) is 8.30. The van der Waals surface area contributed by atoms with E-state index in [1.54, 1.807) is 31.2 Å². The zero-order valence-electron chi connectivity index (χ0n) is 9.89. The highest BCUT2D eigenvalue weighted by atomic mass is 35.5. The number of para-hydroxylation sites is 1. The number of nitrogens with two attached hydrogens (primary N) is 1. The summed E-state index contributed by atoms with van der Waals surface area (Å²) < 4.78 is 23.1. The van der Waals surface area contributed by atoms with Crippen molar-refractivity contribution >= 4 is 33.0 Å². The number of carbonyl (C=O) groups is 1. The highest BCUT2D eigenvalue weighted by Gasteiger charge is 2.18. The standard InChI is InChI=1S/C11H15ClN2O3S/c1-8(13)6-18(16,17)7-11(15)14-10-5-3-2-4-9(10)12/h2-5,8H,6-7,13H2,1H3,(H,14,15). The lowest BCUT2D eigenvalue weighted by Crippen LogP contribution is -2.32. The van der Waals surface area contributed by atoms with E-state index < -0.39 is 27.5 Å². The van der Waals surface area contributed by atoms with Gasteiger partial charge in [-0.25, -0.2) is 8.42 Å². The van der Waals surface area contributed by atoms with E-state index in [4.69, 9.17) is 17.3 Å². The monoisotopic (exact) mass is 290 g/mol. The second-order valence-electron chi connectivity index (χ2n) is 4.06. The highest BCUT2D eigenvalue weighted by molar-refractivity contribution is 7.92. The smallest absolute Gasteiger partial charge is 0.239 e.